The molecule has 0 N–H and O–H groups in total. The Morgan fingerprint density at radius 1 is 0.632 bits per heavy atom. The largest absolute Gasteiger partial charge is 0.308 e. The van der Waals surface area contributed by atoms with E-state index in [4.69, 9.17) is 6.57 Å². The molecule has 0 saturated heterocycles. The molecule has 2 aromatic heterocycles. The van der Waals surface area contributed by atoms with Crippen molar-refractivity contribution in [1.29, 1.82) is 5.26 Å². The number of hydrogen-bond donors (Lipinski definition) is 0. The van der Waals surface area contributed by atoms with Gasteiger partial charge in [-0.25, -0.2) is 4.85 Å². The van der Waals surface area contributed by atoms with Crippen molar-refractivity contribution in [2.75, 3.05) is 0 Å². The molecule has 4 nitrogen and oxygen atoms in total. The average Bonchev–Trinajstić information content (AvgIpc) is 3.51. The van der Waals surface area contributed by atoms with Gasteiger partial charge in [0, 0.05) is 11.4 Å². The highest BCUT2D eigenvalue weighted by atomic mass is 15.1. The van der Waals surface area contributed by atoms with Gasteiger partial charge < -0.3 is 9.13 Å². The van der Waals surface area contributed by atoms with E-state index >= 15 is 0 Å². The summed E-state index contributed by atoms with van der Waals surface area (Å²) >= 11 is 0. The van der Waals surface area contributed by atoms with Gasteiger partial charge in [-0.2, -0.15) is 5.26 Å². The van der Waals surface area contributed by atoms with Gasteiger partial charge in [-0.05, 0) is 79.6 Å². The Kier molecular flexibility index (Phi) is 5.64. The first-order chi connectivity index (χ1) is 18.6. The van der Waals surface area contributed by atoms with Gasteiger partial charge in [0.1, 0.15) is 0 Å². The van der Waals surface area contributed by atoms with Crippen molar-refractivity contribution in [3.63, 3.8) is 0 Å². The predicted molar refractivity (Wildman–Crippen MR) is 154 cm³/mol. The van der Waals surface area contributed by atoms with Crippen LogP contribution in [-0.2, 0) is 0 Å². The Balaban J connectivity index is 1.72. The number of aromatic nitrogens is 2. The first kappa shape index (κ1) is 23.1. The van der Waals surface area contributed by atoms with E-state index < -0.39 is 0 Å². The lowest BCUT2D eigenvalue weighted by atomic mass is 10.1. The van der Waals surface area contributed by atoms with Gasteiger partial charge in [-0.1, -0.05) is 65.7 Å². The summed E-state index contributed by atoms with van der Waals surface area (Å²) in [6.45, 7) is 11.7. The first-order valence-corrected chi connectivity index (χ1v) is 12.5. The number of nitriles is 1. The van der Waals surface area contributed by atoms with E-state index in [0.717, 1.165) is 44.9 Å². The predicted octanol–water partition coefficient (Wildman–Crippen LogP) is 8.79. The fourth-order valence-corrected chi connectivity index (χ4v) is 5.01. The second kappa shape index (κ2) is 9.28. The molecule has 0 fully saturated rings. The van der Waals surface area contributed by atoms with E-state index in [1.54, 1.807) is 0 Å². The molecule has 0 spiro atoms. The third-order valence-corrected chi connectivity index (χ3v) is 6.92. The Morgan fingerprint density at radius 2 is 1.13 bits per heavy atom. The summed E-state index contributed by atoms with van der Waals surface area (Å²) in [4.78, 5) is 3.66. The maximum absolute atomic E-state index is 9.56. The van der Waals surface area contributed by atoms with Crippen molar-refractivity contribution in [3.05, 3.63) is 137 Å². The van der Waals surface area contributed by atoms with Crippen molar-refractivity contribution in [2.24, 2.45) is 0 Å². The molecule has 4 aromatic carbocycles. The molecule has 2 heterocycles. The normalized spacial score (nSPS) is 10.8. The molecule has 6 aromatic rings. The molecule has 0 saturated carbocycles. The Bertz CT molecular complexity index is 1750. The summed E-state index contributed by atoms with van der Waals surface area (Å²) < 4.78 is 4.53. The van der Waals surface area contributed by atoms with Crippen LogP contribution in [0, 0.1) is 31.8 Å². The Hall–Kier alpha value is -5.32. The lowest BCUT2D eigenvalue weighted by Gasteiger charge is -2.12. The standard InChI is InChI=1S/C34H24N4/c1-23-10-14-29(15-11-23)37-31(26-7-4-6-25(18-26)22-35)20-33-34(37)21-32(27-8-5-9-28(19-27)36-3)38(33)30-16-12-24(2)13-17-30/h4-21H,1-2H3. The summed E-state index contributed by atoms with van der Waals surface area (Å²) in [6, 6.07) is 39.2. The highest BCUT2D eigenvalue weighted by molar-refractivity contribution is 5.94. The molecular formula is C34H24N4. The van der Waals surface area contributed by atoms with Crippen molar-refractivity contribution >= 4 is 16.7 Å². The van der Waals surface area contributed by atoms with E-state index in [1.807, 2.05) is 36.4 Å². The van der Waals surface area contributed by atoms with Crippen LogP contribution in [0.3, 0.4) is 0 Å². The minimum atomic E-state index is 0.610. The van der Waals surface area contributed by atoms with E-state index in [2.05, 4.69) is 107 Å². The molecule has 38 heavy (non-hydrogen) atoms. The van der Waals surface area contributed by atoms with E-state index in [1.165, 1.54) is 11.1 Å². The van der Waals surface area contributed by atoms with Gasteiger partial charge in [0.2, 0.25) is 0 Å². The molecule has 0 aliphatic rings. The zero-order valence-electron chi connectivity index (χ0n) is 21.2. The number of rotatable bonds is 4. The van der Waals surface area contributed by atoms with Crippen LogP contribution in [0.15, 0.2) is 109 Å². The Labute approximate surface area is 222 Å². The van der Waals surface area contributed by atoms with Gasteiger partial charge in [-0.15, -0.1) is 0 Å². The number of fused-ring (bicyclic) bond motifs is 1. The molecule has 6 rings (SSSR count). The summed E-state index contributed by atoms with van der Waals surface area (Å²) in [5, 5.41) is 9.56. The molecule has 0 aliphatic carbocycles. The maximum atomic E-state index is 9.56. The van der Waals surface area contributed by atoms with Crippen molar-refractivity contribution in [1.82, 2.24) is 9.13 Å². The number of hydrogen-bond acceptors (Lipinski definition) is 1. The van der Waals surface area contributed by atoms with Crippen LogP contribution in [0.5, 0.6) is 0 Å². The minimum Gasteiger partial charge on any atom is -0.308 e. The summed E-state index contributed by atoms with van der Waals surface area (Å²) in [6.07, 6.45) is 0. The molecule has 0 atom stereocenters. The number of benzene rings is 4. The second-order valence-corrected chi connectivity index (χ2v) is 9.53. The van der Waals surface area contributed by atoms with Crippen LogP contribution in [0.4, 0.5) is 5.69 Å². The monoisotopic (exact) mass is 488 g/mol. The summed E-state index contributed by atoms with van der Waals surface area (Å²) in [5.74, 6) is 0. The molecule has 0 bridgehead atoms. The van der Waals surface area contributed by atoms with Crippen molar-refractivity contribution < 1.29 is 0 Å². The maximum Gasteiger partial charge on any atom is 0.187 e. The average molecular weight is 489 g/mol. The summed E-state index contributed by atoms with van der Waals surface area (Å²) in [5.41, 5.74) is 11.8. The van der Waals surface area contributed by atoms with Crippen LogP contribution in [-0.4, -0.2) is 9.13 Å². The van der Waals surface area contributed by atoms with Crippen LogP contribution >= 0.6 is 0 Å². The minimum absolute atomic E-state index is 0.610. The quantitative estimate of drug-likeness (QED) is 0.229. The molecule has 0 unspecified atom stereocenters. The molecule has 0 radical (unpaired) electrons. The molecular weight excluding hydrogens is 464 g/mol. The third-order valence-electron chi connectivity index (χ3n) is 6.92. The molecule has 180 valence electrons. The van der Waals surface area contributed by atoms with Crippen LogP contribution in [0.25, 0.3) is 49.8 Å². The van der Waals surface area contributed by atoms with Gasteiger partial charge in [0.25, 0.3) is 0 Å². The lowest BCUT2D eigenvalue weighted by molar-refractivity contribution is 1.13. The van der Waals surface area contributed by atoms with Gasteiger partial charge in [0.15, 0.2) is 5.69 Å². The fourth-order valence-electron chi connectivity index (χ4n) is 5.01. The molecule has 0 aliphatic heterocycles. The molecule has 4 heteroatoms. The molecule has 0 amide bonds. The zero-order chi connectivity index (χ0) is 26.2. The zero-order valence-corrected chi connectivity index (χ0v) is 21.2. The van der Waals surface area contributed by atoms with E-state index in [0.29, 0.717) is 11.3 Å². The van der Waals surface area contributed by atoms with E-state index in [-0.39, 0.29) is 0 Å². The smallest absolute Gasteiger partial charge is 0.187 e. The fraction of sp³-hybridized carbons (Fsp3) is 0.0588. The SMILES string of the molecule is [C-]#[N+]c1cccc(-c2cc3c(cc(-c4cccc(C#N)c4)n3-c3ccc(C)cc3)n2-c2ccc(C)cc2)c1. The van der Waals surface area contributed by atoms with Gasteiger partial charge in [0.05, 0.1) is 40.6 Å². The van der Waals surface area contributed by atoms with E-state index in [9.17, 15) is 5.26 Å². The van der Waals surface area contributed by atoms with Crippen molar-refractivity contribution in [2.45, 2.75) is 13.8 Å². The number of aryl methyl sites for hydroxylation is 2. The van der Waals surface area contributed by atoms with Gasteiger partial charge in [-0.3, -0.25) is 0 Å². The van der Waals surface area contributed by atoms with Crippen LogP contribution < -0.4 is 0 Å². The second-order valence-electron chi connectivity index (χ2n) is 9.53. The third kappa shape index (κ3) is 3.95. The summed E-state index contributed by atoms with van der Waals surface area (Å²) in [7, 11) is 0. The topological polar surface area (TPSA) is 38.0 Å². The lowest BCUT2D eigenvalue weighted by Crippen LogP contribution is -1.97. The van der Waals surface area contributed by atoms with Crippen LogP contribution in [0.2, 0.25) is 0 Å². The van der Waals surface area contributed by atoms with Crippen molar-refractivity contribution in [3.8, 4) is 40.0 Å². The highest BCUT2D eigenvalue weighted by Crippen LogP contribution is 2.39. The first-order valence-electron chi connectivity index (χ1n) is 12.5. The number of nitrogens with zero attached hydrogens (tertiary/aromatic N) is 4. The van der Waals surface area contributed by atoms with Gasteiger partial charge >= 0.3 is 0 Å². The highest BCUT2D eigenvalue weighted by Gasteiger charge is 2.21. The van der Waals surface area contributed by atoms with Crippen LogP contribution in [0.1, 0.15) is 16.7 Å². The Morgan fingerprint density at radius 3 is 1.63 bits per heavy atom.